The van der Waals surface area contributed by atoms with E-state index in [1.54, 1.807) is 7.11 Å². The van der Waals surface area contributed by atoms with E-state index < -0.39 is 0 Å². The van der Waals surface area contributed by atoms with Crippen LogP contribution in [0.15, 0.2) is 18.2 Å². The first-order valence-corrected chi connectivity index (χ1v) is 7.93. The molecule has 0 radical (unpaired) electrons. The van der Waals surface area contributed by atoms with Gasteiger partial charge in [0.15, 0.2) is 0 Å². The fourth-order valence-corrected chi connectivity index (χ4v) is 3.00. The van der Waals surface area contributed by atoms with Crippen molar-refractivity contribution >= 4 is 11.6 Å². The summed E-state index contributed by atoms with van der Waals surface area (Å²) in [6.45, 7) is 5.95. The quantitative estimate of drug-likeness (QED) is 0.876. The van der Waals surface area contributed by atoms with Gasteiger partial charge in [-0.2, -0.15) is 0 Å². The second-order valence-corrected chi connectivity index (χ2v) is 5.97. The fourth-order valence-electron chi connectivity index (χ4n) is 2.80. The van der Waals surface area contributed by atoms with Gasteiger partial charge in [0, 0.05) is 24.2 Å². The molecule has 0 saturated carbocycles. The molecule has 1 fully saturated rings. The normalized spacial score (nSPS) is 21.2. The van der Waals surface area contributed by atoms with Gasteiger partial charge in [-0.15, -0.1) is 0 Å². The highest BCUT2D eigenvalue weighted by Crippen LogP contribution is 2.24. The van der Waals surface area contributed by atoms with E-state index in [1.807, 2.05) is 18.2 Å². The molecule has 0 spiro atoms. The Hall–Kier alpha value is -0.810. The van der Waals surface area contributed by atoms with Crippen molar-refractivity contribution in [3.63, 3.8) is 0 Å². The first kappa shape index (κ1) is 16.6. The lowest BCUT2D eigenvalue weighted by Crippen LogP contribution is -2.51. The fraction of sp³-hybridized carbons (Fsp3) is 0.625. The molecule has 0 amide bonds. The third-order valence-electron chi connectivity index (χ3n) is 3.89. The molecule has 2 N–H and O–H groups in total. The Balaban J connectivity index is 2.00. The van der Waals surface area contributed by atoms with Crippen LogP contribution in [0, 0.1) is 0 Å². The second-order valence-electron chi connectivity index (χ2n) is 5.53. The highest BCUT2D eigenvalue weighted by Gasteiger charge is 2.26. The van der Waals surface area contributed by atoms with E-state index in [1.165, 1.54) is 0 Å². The molecule has 2 rings (SSSR count). The SMILES string of the molecule is CCCN1CCOC(C(N)Cc2cc(Cl)ccc2OC)C1. The summed E-state index contributed by atoms with van der Waals surface area (Å²) in [6, 6.07) is 5.58. The lowest BCUT2D eigenvalue weighted by atomic mass is 10.00. The third kappa shape index (κ3) is 4.58. The molecule has 0 bridgehead atoms. The van der Waals surface area contributed by atoms with Crippen LogP contribution < -0.4 is 10.5 Å². The lowest BCUT2D eigenvalue weighted by Gasteiger charge is -2.35. The van der Waals surface area contributed by atoms with E-state index in [0.717, 1.165) is 44.0 Å². The van der Waals surface area contributed by atoms with Gasteiger partial charge in [0.1, 0.15) is 5.75 Å². The Morgan fingerprint density at radius 3 is 3.05 bits per heavy atom. The van der Waals surface area contributed by atoms with Gasteiger partial charge in [0.25, 0.3) is 0 Å². The topological polar surface area (TPSA) is 47.7 Å². The Labute approximate surface area is 132 Å². The molecule has 118 valence electrons. The molecule has 4 nitrogen and oxygen atoms in total. The summed E-state index contributed by atoms with van der Waals surface area (Å²) in [6.07, 6.45) is 1.92. The number of hydrogen-bond acceptors (Lipinski definition) is 4. The van der Waals surface area contributed by atoms with Crippen LogP contribution in [-0.4, -0.2) is 50.4 Å². The minimum absolute atomic E-state index is 0.0583. The number of nitrogens with zero attached hydrogens (tertiary/aromatic N) is 1. The van der Waals surface area contributed by atoms with E-state index in [9.17, 15) is 0 Å². The Kier molecular flexibility index (Phi) is 6.30. The maximum absolute atomic E-state index is 6.36. The van der Waals surface area contributed by atoms with Crippen LogP contribution in [0.4, 0.5) is 0 Å². The molecule has 5 heteroatoms. The predicted molar refractivity (Wildman–Crippen MR) is 86.2 cm³/mol. The molecule has 0 aliphatic carbocycles. The molecule has 1 aromatic carbocycles. The number of rotatable bonds is 6. The number of benzene rings is 1. The Bertz CT molecular complexity index is 454. The van der Waals surface area contributed by atoms with Gasteiger partial charge in [0.05, 0.1) is 19.8 Å². The van der Waals surface area contributed by atoms with Crippen LogP contribution in [-0.2, 0) is 11.2 Å². The highest BCUT2D eigenvalue weighted by molar-refractivity contribution is 6.30. The van der Waals surface area contributed by atoms with Crippen LogP contribution in [0.2, 0.25) is 5.02 Å². The van der Waals surface area contributed by atoms with Gasteiger partial charge in [0.2, 0.25) is 0 Å². The molecular formula is C16H25ClN2O2. The van der Waals surface area contributed by atoms with Crippen molar-refractivity contribution in [3.8, 4) is 5.75 Å². The van der Waals surface area contributed by atoms with Crippen LogP contribution >= 0.6 is 11.6 Å². The standard InChI is InChI=1S/C16H25ClN2O2/c1-3-6-19-7-8-21-16(11-19)14(18)10-12-9-13(17)4-5-15(12)20-2/h4-5,9,14,16H,3,6-8,10-11,18H2,1-2H3. The molecule has 1 heterocycles. The molecule has 1 saturated heterocycles. The van der Waals surface area contributed by atoms with E-state index in [2.05, 4.69) is 11.8 Å². The summed E-state index contributed by atoms with van der Waals surface area (Å²) in [7, 11) is 1.67. The number of halogens is 1. The van der Waals surface area contributed by atoms with Gasteiger partial charge in [-0.05, 0) is 43.1 Å². The van der Waals surface area contributed by atoms with Crippen LogP contribution in [0.5, 0.6) is 5.75 Å². The molecular weight excluding hydrogens is 288 g/mol. The summed E-state index contributed by atoms with van der Waals surface area (Å²) < 4.78 is 11.2. The van der Waals surface area contributed by atoms with Crippen molar-refractivity contribution in [2.75, 3.05) is 33.4 Å². The smallest absolute Gasteiger partial charge is 0.122 e. The third-order valence-corrected chi connectivity index (χ3v) is 4.13. The van der Waals surface area contributed by atoms with Crippen molar-refractivity contribution < 1.29 is 9.47 Å². The van der Waals surface area contributed by atoms with E-state index in [-0.39, 0.29) is 12.1 Å². The molecule has 1 aliphatic rings. The lowest BCUT2D eigenvalue weighted by molar-refractivity contribution is -0.0401. The highest BCUT2D eigenvalue weighted by atomic mass is 35.5. The minimum atomic E-state index is -0.0583. The van der Waals surface area contributed by atoms with E-state index >= 15 is 0 Å². The van der Waals surface area contributed by atoms with Crippen LogP contribution in [0.3, 0.4) is 0 Å². The van der Waals surface area contributed by atoms with E-state index in [0.29, 0.717) is 11.4 Å². The molecule has 21 heavy (non-hydrogen) atoms. The number of ether oxygens (including phenoxy) is 2. The summed E-state index contributed by atoms with van der Waals surface area (Å²) in [4.78, 5) is 2.42. The molecule has 1 aromatic rings. The summed E-state index contributed by atoms with van der Waals surface area (Å²) in [5.74, 6) is 0.830. The Morgan fingerprint density at radius 2 is 2.33 bits per heavy atom. The summed E-state index contributed by atoms with van der Waals surface area (Å²) in [5, 5.41) is 0.704. The first-order chi connectivity index (χ1) is 10.1. The predicted octanol–water partition coefficient (Wildman–Crippen LogP) is 2.33. The summed E-state index contributed by atoms with van der Waals surface area (Å²) >= 11 is 6.07. The van der Waals surface area contributed by atoms with E-state index in [4.69, 9.17) is 26.8 Å². The van der Waals surface area contributed by atoms with Crippen molar-refractivity contribution in [1.29, 1.82) is 0 Å². The number of methoxy groups -OCH3 is 1. The number of hydrogen-bond donors (Lipinski definition) is 1. The average molecular weight is 313 g/mol. The van der Waals surface area contributed by atoms with Gasteiger partial charge in [-0.25, -0.2) is 0 Å². The van der Waals surface area contributed by atoms with Crippen molar-refractivity contribution in [3.05, 3.63) is 28.8 Å². The minimum Gasteiger partial charge on any atom is -0.496 e. The zero-order valence-electron chi connectivity index (χ0n) is 12.8. The maximum atomic E-state index is 6.36. The molecule has 0 aromatic heterocycles. The molecule has 1 aliphatic heterocycles. The van der Waals surface area contributed by atoms with Crippen LogP contribution in [0.1, 0.15) is 18.9 Å². The first-order valence-electron chi connectivity index (χ1n) is 7.56. The number of morpholine rings is 1. The zero-order chi connectivity index (χ0) is 15.2. The Morgan fingerprint density at radius 1 is 1.52 bits per heavy atom. The van der Waals surface area contributed by atoms with Gasteiger partial charge in [-0.3, -0.25) is 4.90 Å². The second kappa shape index (κ2) is 7.99. The summed E-state index contributed by atoms with van der Waals surface area (Å²) in [5.41, 5.74) is 7.40. The average Bonchev–Trinajstić information content (AvgIpc) is 2.48. The maximum Gasteiger partial charge on any atom is 0.122 e. The largest absolute Gasteiger partial charge is 0.496 e. The molecule has 2 atom stereocenters. The van der Waals surface area contributed by atoms with Crippen LogP contribution in [0.25, 0.3) is 0 Å². The van der Waals surface area contributed by atoms with Gasteiger partial charge in [-0.1, -0.05) is 18.5 Å². The zero-order valence-corrected chi connectivity index (χ0v) is 13.6. The van der Waals surface area contributed by atoms with Crippen molar-refractivity contribution in [2.45, 2.75) is 31.9 Å². The van der Waals surface area contributed by atoms with Gasteiger partial charge < -0.3 is 15.2 Å². The monoisotopic (exact) mass is 312 g/mol. The van der Waals surface area contributed by atoms with Gasteiger partial charge >= 0.3 is 0 Å². The molecule has 2 unspecified atom stereocenters. The van der Waals surface area contributed by atoms with Crippen molar-refractivity contribution in [2.24, 2.45) is 5.73 Å². The number of nitrogens with two attached hydrogens (primary N) is 1. The van der Waals surface area contributed by atoms with Crippen molar-refractivity contribution in [1.82, 2.24) is 4.90 Å².